The Hall–Kier alpha value is -1.86. The molecule has 0 spiro atoms. The van der Waals surface area contributed by atoms with E-state index in [1.165, 1.54) is 0 Å². The summed E-state index contributed by atoms with van der Waals surface area (Å²) in [6.45, 7) is 3.74. The third kappa shape index (κ3) is 3.25. The number of hydrogen-bond acceptors (Lipinski definition) is 2. The normalized spacial score (nSPS) is 13.4. The summed E-state index contributed by atoms with van der Waals surface area (Å²) in [5, 5.41) is 12.4. The highest BCUT2D eigenvalue weighted by Crippen LogP contribution is 2.60. The molecule has 26 heavy (non-hydrogen) atoms. The number of benzene rings is 3. The van der Waals surface area contributed by atoms with Crippen molar-refractivity contribution >= 4 is 29.4 Å². The maximum Gasteiger partial charge on any atom is 0.151 e. The molecule has 0 saturated carbocycles. The lowest BCUT2D eigenvalue weighted by molar-refractivity contribution is 0.139. The third-order valence-electron chi connectivity index (χ3n) is 4.91. The van der Waals surface area contributed by atoms with Gasteiger partial charge in [-0.3, -0.25) is 0 Å². The zero-order valence-electron chi connectivity index (χ0n) is 14.8. The third-order valence-corrected chi connectivity index (χ3v) is 9.08. The average Bonchev–Trinajstić information content (AvgIpc) is 2.68. The molecule has 4 heteroatoms. The van der Waals surface area contributed by atoms with Gasteiger partial charge in [0.1, 0.15) is 0 Å². The van der Waals surface area contributed by atoms with Crippen LogP contribution in [0, 0.1) is 0 Å². The lowest BCUT2D eigenvalue weighted by Crippen LogP contribution is -2.38. The van der Waals surface area contributed by atoms with Gasteiger partial charge in [0.2, 0.25) is 0 Å². The van der Waals surface area contributed by atoms with Crippen molar-refractivity contribution in [3.05, 3.63) is 95.5 Å². The van der Waals surface area contributed by atoms with Crippen molar-refractivity contribution in [3.8, 4) is 0 Å². The van der Waals surface area contributed by atoms with E-state index in [0.717, 1.165) is 10.6 Å². The molecule has 0 saturated heterocycles. The Bertz CT molecular complexity index is 862. The van der Waals surface area contributed by atoms with Crippen LogP contribution in [-0.4, -0.2) is 10.3 Å². The van der Waals surface area contributed by atoms with Gasteiger partial charge in [-0.15, -0.1) is 0 Å². The van der Waals surface area contributed by atoms with Gasteiger partial charge in [0.25, 0.3) is 0 Å². The van der Waals surface area contributed by atoms with Crippen molar-refractivity contribution in [1.82, 2.24) is 0 Å². The number of hydrogen-bond donors (Lipinski definition) is 1. The minimum atomic E-state index is -3.14. The lowest BCUT2D eigenvalue weighted by atomic mass is 9.98. The molecular weight excluding hydrogens is 363 g/mol. The van der Waals surface area contributed by atoms with E-state index in [2.05, 4.69) is 0 Å². The topological polar surface area (TPSA) is 37.3 Å². The van der Waals surface area contributed by atoms with Crippen molar-refractivity contribution in [2.45, 2.75) is 25.1 Å². The second kappa shape index (κ2) is 7.40. The number of halogens is 1. The largest absolute Gasteiger partial charge is 0.387 e. The van der Waals surface area contributed by atoms with Gasteiger partial charge in [0.15, 0.2) is 7.14 Å². The van der Waals surface area contributed by atoms with Gasteiger partial charge in [0.05, 0.1) is 11.3 Å². The second-order valence-electron chi connectivity index (χ2n) is 6.89. The molecule has 3 aromatic rings. The van der Waals surface area contributed by atoms with Gasteiger partial charge in [0, 0.05) is 15.6 Å². The average molecular weight is 385 g/mol. The Morgan fingerprint density at radius 2 is 1.23 bits per heavy atom. The highest BCUT2D eigenvalue weighted by molar-refractivity contribution is 7.80. The zero-order chi connectivity index (χ0) is 18.8. The molecule has 0 fully saturated rings. The maximum atomic E-state index is 14.5. The summed E-state index contributed by atoms with van der Waals surface area (Å²) in [7, 11) is -3.14. The molecule has 1 unspecified atom stereocenters. The SMILES string of the molecule is CC(C)(C(O)c1ccc(Cl)cc1)P(=O)(c1ccccc1)c1ccccc1. The van der Waals surface area contributed by atoms with Crippen molar-refractivity contribution in [2.75, 3.05) is 0 Å². The Balaban J connectivity index is 2.18. The molecule has 134 valence electrons. The van der Waals surface area contributed by atoms with Gasteiger partial charge < -0.3 is 9.67 Å². The summed E-state index contributed by atoms with van der Waals surface area (Å²) >= 11 is 5.98. The van der Waals surface area contributed by atoms with E-state index in [0.29, 0.717) is 10.6 Å². The first-order valence-electron chi connectivity index (χ1n) is 8.52. The molecule has 3 rings (SSSR count). The van der Waals surface area contributed by atoms with Gasteiger partial charge in [-0.2, -0.15) is 0 Å². The standard InChI is InChI=1S/C22H22ClO2P/c1-22(2,21(24)17-13-15-18(23)16-14-17)26(25,19-9-5-3-6-10-19)20-11-7-4-8-12-20/h3-16,21,24H,1-2H3. The van der Waals surface area contributed by atoms with E-state index in [1.54, 1.807) is 24.3 Å². The van der Waals surface area contributed by atoms with Gasteiger partial charge in [-0.1, -0.05) is 84.4 Å². The molecule has 3 aromatic carbocycles. The highest BCUT2D eigenvalue weighted by atomic mass is 35.5. The molecule has 0 bridgehead atoms. The Kier molecular flexibility index (Phi) is 5.39. The lowest BCUT2D eigenvalue weighted by Gasteiger charge is -2.39. The molecule has 0 aliphatic rings. The number of aliphatic hydroxyl groups is 1. The first-order chi connectivity index (χ1) is 12.4. The molecule has 1 N–H and O–H groups in total. The van der Waals surface area contributed by atoms with Crippen molar-refractivity contribution < 1.29 is 9.67 Å². The van der Waals surface area contributed by atoms with Crippen LogP contribution in [0.5, 0.6) is 0 Å². The summed E-state index contributed by atoms with van der Waals surface area (Å²) < 4.78 is 14.5. The molecule has 1 atom stereocenters. The van der Waals surface area contributed by atoms with Crippen LogP contribution in [0.15, 0.2) is 84.9 Å². The molecule has 0 radical (unpaired) electrons. The van der Waals surface area contributed by atoms with Crippen molar-refractivity contribution in [1.29, 1.82) is 0 Å². The van der Waals surface area contributed by atoms with E-state index in [1.807, 2.05) is 74.5 Å². The first-order valence-corrected chi connectivity index (χ1v) is 10.6. The van der Waals surface area contributed by atoms with E-state index in [-0.39, 0.29) is 0 Å². The van der Waals surface area contributed by atoms with Crippen LogP contribution in [0.2, 0.25) is 5.02 Å². The fourth-order valence-electron chi connectivity index (χ4n) is 3.32. The van der Waals surface area contributed by atoms with Crippen LogP contribution in [0.3, 0.4) is 0 Å². The summed E-state index contributed by atoms with van der Waals surface area (Å²) in [5.74, 6) is 0. The summed E-state index contributed by atoms with van der Waals surface area (Å²) in [6.07, 6.45) is -0.911. The molecule has 0 aromatic heterocycles. The molecule has 0 aliphatic heterocycles. The van der Waals surface area contributed by atoms with E-state index in [9.17, 15) is 9.67 Å². The smallest absolute Gasteiger partial charge is 0.151 e. The minimum absolute atomic E-state index is 0.605. The minimum Gasteiger partial charge on any atom is -0.387 e. The van der Waals surface area contributed by atoms with Crippen LogP contribution in [0.4, 0.5) is 0 Å². The summed E-state index contributed by atoms with van der Waals surface area (Å²) in [5.41, 5.74) is 0.700. The van der Waals surface area contributed by atoms with E-state index < -0.39 is 18.4 Å². The fourth-order valence-corrected chi connectivity index (χ4v) is 6.75. The molecule has 0 amide bonds. The Labute approximate surface area is 159 Å². The summed E-state index contributed by atoms with van der Waals surface area (Å²) in [6, 6.07) is 25.9. The fraction of sp³-hybridized carbons (Fsp3) is 0.182. The Morgan fingerprint density at radius 1 is 0.808 bits per heavy atom. The molecular formula is C22H22ClO2P. The summed E-state index contributed by atoms with van der Waals surface area (Å²) in [4.78, 5) is 0. The first kappa shape index (κ1) is 18.9. The molecule has 0 aliphatic carbocycles. The monoisotopic (exact) mass is 384 g/mol. The van der Waals surface area contributed by atoms with Crippen LogP contribution in [0.1, 0.15) is 25.5 Å². The molecule has 2 nitrogen and oxygen atoms in total. The highest BCUT2D eigenvalue weighted by Gasteiger charge is 2.48. The quantitative estimate of drug-likeness (QED) is 0.616. The van der Waals surface area contributed by atoms with Gasteiger partial charge in [-0.05, 0) is 31.5 Å². The van der Waals surface area contributed by atoms with Crippen LogP contribution < -0.4 is 10.6 Å². The van der Waals surface area contributed by atoms with Crippen LogP contribution in [-0.2, 0) is 4.57 Å². The van der Waals surface area contributed by atoms with Crippen LogP contribution in [0.25, 0.3) is 0 Å². The predicted octanol–water partition coefficient (Wildman–Crippen LogP) is 5.17. The van der Waals surface area contributed by atoms with Crippen molar-refractivity contribution in [3.63, 3.8) is 0 Å². The van der Waals surface area contributed by atoms with Gasteiger partial charge >= 0.3 is 0 Å². The number of rotatable bonds is 5. The van der Waals surface area contributed by atoms with Crippen LogP contribution >= 0.6 is 18.7 Å². The van der Waals surface area contributed by atoms with E-state index in [4.69, 9.17) is 11.6 Å². The van der Waals surface area contributed by atoms with Gasteiger partial charge in [-0.25, -0.2) is 0 Å². The molecule has 0 heterocycles. The van der Waals surface area contributed by atoms with Crippen molar-refractivity contribution in [2.24, 2.45) is 0 Å². The van der Waals surface area contributed by atoms with E-state index >= 15 is 0 Å². The zero-order valence-corrected chi connectivity index (χ0v) is 16.5. The number of aliphatic hydroxyl groups excluding tert-OH is 1. The predicted molar refractivity (Wildman–Crippen MR) is 110 cm³/mol. The Morgan fingerprint density at radius 3 is 1.65 bits per heavy atom. The maximum absolute atomic E-state index is 14.5. The second-order valence-corrected chi connectivity index (χ2v) is 10.7.